The first kappa shape index (κ1) is 15.1. The lowest BCUT2D eigenvalue weighted by Crippen LogP contribution is -2.34. The summed E-state index contributed by atoms with van der Waals surface area (Å²) in [7, 11) is -2.15. The van der Waals surface area contributed by atoms with Crippen molar-refractivity contribution in [3.05, 3.63) is 29.6 Å². The molecule has 0 fully saturated rings. The van der Waals surface area contributed by atoms with Crippen molar-refractivity contribution in [1.82, 2.24) is 4.31 Å². The molecule has 18 heavy (non-hydrogen) atoms. The van der Waals surface area contributed by atoms with E-state index in [-0.39, 0.29) is 16.5 Å². The van der Waals surface area contributed by atoms with Gasteiger partial charge >= 0.3 is 0 Å². The van der Waals surface area contributed by atoms with Crippen LogP contribution in [0.3, 0.4) is 0 Å². The van der Waals surface area contributed by atoms with Crippen molar-refractivity contribution >= 4 is 10.0 Å². The Morgan fingerprint density at radius 1 is 1.44 bits per heavy atom. The third-order valence-electron chi connectivity index (χ3n) is 3.08. The zero-order valence-corrected chi connectivity index (χ0v) is 11.5. The lowest BCUT2D eigenvalue weighted by atomic mass is 10.2. The second-order valence-corrected chi connectivity index (χ2v) is 6.19. The number of nitrogens with zero attached hydrogens (tertiary/aromatic N) is 1. The molecule has 102 valence electrons. The Morgan fingerprint density at radius 3 is 2.56 bits per heavy atom. The van der Waals surface area contributed by atoms with E-state index in [0.29, 0.717) is 6.42 Å². The predicted octanol–water partition coefficient (Wildman–Crippen LogP) is 1.74. The van der Waals surface area contributed by atoms with Crippen LogP contribution in [0.1, 0.15) is 25.8 Å². The van der Waals surface area contributed by atoms with Gasteiger partial charge in [-0.1, -0.05) is 6.92 Å². The molecule has 1 unspecified atom stereocenters. The highest BCUT2D eigenvalue weighted by atomic mass is 32.2. The number of aliphatic hydroxyl groups is 1. The summed E-state index contributed by atoms with van der Waals surface area (Å²) < 4.78 is 38.9. The van der Waals surface area contributed by atoms with Gasteiger partial charge in [-0.15, -0.1) is 0 Å². The van der Waals surface area contributed by atoms with E-state index in [4.69, 9.17) is 5.11 Å². The monoisotopic (exact) mass is 275 g/mol. The van der Waals surface area contributed by atoms with Crippen molar-refractivity contribution in [3.8, 4) is 0 Å². The lowest BCUT2D eigenvalue weighted by molar-refractivity contribution is 0.275. The highest BCUT2D eigenvalue weighted by Crippen LogP contribution is 2.20. The highest BCUT2D eigenvalue weighted by Gasteiger charge is 2.25. The average Bonchev–Trinajstić information content (AvgIpc) is 2.37. The summed E-state index contributed by atoms with van der Waals surface area (Å²) in [5, 5.41) is 8.95. The standard InChI is InChI=1S/C12H18FNO3S/c1-4-9(2)14(3)18(16,17)11-5-6-12(13)10(7-11)8-15/h5-7,9,15H,4,8H2,1-3H3. The quantitative estimate of drug-likeness (QED) is 0.890. The maximum atomic E-state index is 13.2. The van der Waals surface area contributed by atoms with Gasteiger partial charge in [-0.2, -0.15) is 4.31 Å². The Bertz CT molecular complexity index is 516. The van der Waals surface area contributed by atoms with Gasteiger partial charge in [-0.3, -0.25) is 0 Å². The molecule has 0 aliphatic heterocycles. The minimum atomic E-state index is -3.64. The molecule has 1 rings (SSSR count). The Labute approximate surface area is 107 Å². The smallest absolute Gasteiger partial charge is 0.243 e. The van der Waals surface area contributed by atoms with Crippen LogP contribution in [0.2, 0.25) is 0 Å². The van der Waals surface area contributed by atoms with Crippen LogP contribution in [0.15, 0.2) is 23.1 Å². The average molecular weight is 275 g/mol. The van der Waals surface area contributed by atoms with E-state index in [1.54, 1.807) is 6.92 Å². The minimum absolute atomic E-state index is 0.00394. The van der Waals surface area contributed by atoms with Gasteiger partial charge in [0.05, 0.1) is 11.5 Å². The van der Waals surface area contributed by atoms with E-state index in [0.717, 1.165) is 6.07 Å². The molecule has 0 heterocycles. The van der Waals surface area contributed by atoms with Crippen LogP contribution in [0.25, 0.3) is 0 Å². The summed E-state index contributed by atoms with van der Waals surface area (Å²) in [6.45, 7) is 3.16. The summed E-state index contributed by atoms with van der Waals surface area (Å²) in [6.07, 6.45) is 0.684. The zero-order chi connectivity index (χ0) is 13.9. The van der Waals surface area contributed by atoms with Gasteiger partial charge in [0.1, 0.15) is 5.82 Å². The van der Waals surface area contributed by atoms with Crippen LogP contribution < -0.4 is 0 Å². The molecule has 1 aromatic carbocycles. The fourth-order valence-electron chi connectivity index (χ4n) is 1.49. The van der Waals surface area contributed by atoms with E-state index in [2.05, 4.69) is 0 Å². The molecule has 0 saturated carbocycles. The molecule has 0 bridgehead atoms. The SMILES string of the molecule is CCC(C)N(C)S(=O)(=O)c1ccc(F)c(CO)c1. The van der Waals surface area contributed by atoms with Crippen molar-refractivity contribution in [3.63, 3.8) is 0 Å². The van der Waals surface area contributed by atoms with Gasteiger partial charge in [-0.05, 0) is 31.5 Å². The highest BCUT2D eigenvalue weighted by molar-refractivity contribution is 7.89. The van der Waals surface area contributed by atoms with Gasteiger partial charge in [-0.25, -0.2) is 12.8 Å². The van der Waals surface area contributed by atoms with E-state index >= 15 is 0 Å². The Balaban J connectivity index is 3.20. The first-order valence-corrected chi connectivity index (χ1v) is 7.16. The third-order valence-corrected chi connectivity index (χ3v) is 5.04. The summed E-state index contributed by atoms with van der Waals surface area (Å²) in [6, 6.07) is 3.30. The molecule has 0 radical (unpaired) electrons. The van der Waals surface area contributed by atoms with E-state index in [1.807, 2.05) is 6.92 Å². The van der Waals surface area contributed by atoms with Crippen molar-refractivity contribution in [2.24, 2.45) is 0 Å². The number of benzene rings is 1. The minimum Gasteiger partial charge on any atom is -0.392 e. The molecule has 4 nitrogen and oxygen atoms in total. The summed E-state index contributed by atoms with van der Waals surface area (Å²) in [5.74, 6) is -0.609. The molecule has 0 aromatic heterocycles. The fraction of sp³-hybridized carbons (Fsp3) is 0.500. The van der Waals surface area contributed by atoms with Crippen LogP contribution in [0.4, 0.5) is 4.39 Å². The maximum Gasteiger partial charge on any atom is 0.243 e. The summed E-state index contributed by atoms with van der Waals surface area (Å²) in [4.78, 5) is -0.00394. The summed E-state index contributed by atoms with van der Waals surface area (Å²) >= 11 is 0. The maximum absolute atomic E-state index is 13.2. The Hall–Kier alpha value is -0.980. The zero-order valence-electron chi connectivity index (χ0n) is 10.7. The number of hydrogen-bond acceptors (Lipinski definition) is 3. The topological polar surface area (TPSA) is 57.6 Å². The number of hydrogen-bond donors (Lipinski definition) is 1. The first-order chi connectivity index (χ1) is 8.34. The van der Waals surface area contributed by atoms with Crippen LogP contribution in [-0.4, -0.2) is 30.9 Å². The normalized spacial score (nSPS) is 13.9. The molecule has 0 saturated heterocycles. The van der Waals surface area contributed by atoms with Crippen LogP contribution >= 0.6 is 0 Å². The second kappa shape index (κ2) is 5.77. The first-order valence-electron chi connectivity index (χ1n) is 5.71. The van der Waals surface area contributed by atoms with Crippen molar-refractivity contribution in [2.75, 3.05) is 7.05 Å². The second-order valence-electron chi connectivity index (χ2n) is 4.19. The van der Waals surface area contributed by atoms with Crippen molar-refractivity contribution in [2.45, 2.75) is 37.8 Å². The molecule has 0 aliphatic carbocycles. The van der Waals surface area contributed by atoms with Crippen LogP contribution in [-0.2, 0) is 16.6 Å². The van der Waals surface area contributed by atoms with Gasteiger partial charge in [0.2, 0.25) is 10.0 Å². The number of sulfonamides is 1. The molecule has 1 N–H and O–H groups in total. The number of halogens is 1. The number of rotatable bonds is 5. The van der Waals surface area contributed by atoms with Crippen molar-refractivity contribution < 1.29 is 17.9 Å². The molecule has 0 amide bonds. The lowest BCUT2D eigenvalue weighted by Gasteiger charge is -2.23. The molecular weight excluding hydrogens is 257 g/mol. The predicted molar refractivity (Wildman–Crippen MR) is 67.0 cm³/mol. The fourth-order valence-corrected chi connectivity index (χ4v) is 2.98. The van der Waals surface area contributed by atoms with E-state index in [9.17, 15) is 12.8 Å². The third kappa shape index (κ3) is 2.88. The molecule has 1 atom stereocenters. The van der Waals surface area contributed by atoms with Gasteiger partial charge < -0.3 is 5.11 Å². The van der Waals surface area contributed by atoms with Crippen LogP contribution in [0, 0.1) is 5.82 Å². The van der Waals surface area contributed by atoms with Gasteiger partial charge in [0, 0.05) is 18.7 Å². The van der Waals surface area contributed by atoms with Crippen molar-refractivity contribution in [1.29, 1.82) is 0 Å². The molecule has 0 aliphatic rings. The van der Waals surface area contributed by atoms with Gasteiger partial charge in [0.15, 0.2) is 0 Å². The van der Waals surface area contributed by atoms with Crippen LogP contribution in [0.5, 0.6) is 0 Å². The summed E-state index contributed by atoms with van der Waals surface area (Å²) in [5.41, 5.74) is -0.0198. The number of aliphatic hydroxyl groups excluding tert-OH is 1. The molecule has 6 heteroatoms. The van der Waals surface area contributed by atoms with E-state index < -0.39 is 22.4 Å². The molecule has 1 aromatic rings. The molecular formula is C12H18FNO3S. The Morgan fingerprint density at radius 2 is 2.06 bits per heavy atom. The Kier molecular flexibility index (Phi) is 4.84. The largest absolute Gasteiger partial charge is 0.392 e. The van der Waals surface area contributed by atoms with E-state index in [1.165, 1.54) is 23.5 Å². The molecule has 0 spiro atoms. The van der Waals surface area contributed by atoms with Gasteiger partial charge in [0.25, 0.3) is 0 Å².